The molecule has 0 bridgehead atoms. The summed E-state index contributed by atoms with van der Waals surface area (Å²) in [5.41, 5.74) is 1.01. The van der Waals surface area contributed by atoms with Crippen molar-refractivity contribution in [3.63, 3.8) is 0 Å². The van der Waals surface area contributed by atoms with Gasteiger partial charge in [0.25, 0.3) is 0 Å². The van der Waals surface area contributed by atoms with E-state index in [-0.39, 0.29) is 0 Å². The summed E-state index contributed by atoms with van der Waals surface area (Å²) < 4.78 is 1.83. The largest absolute Gasteiger partial charge is 0.289 e. The van der Waals surface area contributed by atoms with E-state index < -0.39 is 0 Å². The summed E-state index contributed by atoms with van der Waals surface area (Å²) in [5.74, 6) is 1.21. The zero-order valence-corrected chi connectivity index (χ0v) is 8.25. The molecule has 0 aromatic carbocycles. The third-order valence-electron chi connectivity index (χ3n) is 2.03. The summed E-state index contributed by atoms with van der Waals surface area (Å²) in [6.07, 6.45) is 5.27. The van der Waals surface area contributed by atoms with Crippen LogP contribution in [0.3, 0.4) is 0 Å². The van der Waals surface area contributed by atoms with Gasteiger partial charge in [0.1, 0.15) is 6.33 Å². The van der Waals surface area contributed by atoms with Gasteiger partial charge in [-0.1, -0.05) is 13.8 Å². The predicted molar refractivity (Wildman–Crippen MR) is 53.2 cm³/mol. The molecule has 2 heterocycles. The van der Waals surface area contributed by atoms with Gasteiger partial charge in [0.05, 0.1) is 5.69 Å². The van der Waals surface area contributed by atoms with Crippen LogP contribution in [0.25, 0.3) is 5.82 Å². The lowest BCUT2D eigenvalue weighted by Crippen LogP contribution is -2.00. The Morgan fingerprint density at radius 1 is 1.21 bits per heavy atom. The fourth-order valence-corrected chi connectivity index (χ4v) is 1.18. The number of aromatic nitrogens is 4. The predicted octanol–water partition coefficient (Wildman–Crippen LogP) is 1.79. The summed E-state index contributed by atoms with van der Waals surface area (Å²) in [5, 5.41) is 8.25. The van der Waals surface area contributed by atoms with E-state index in [1.807, 2.05) is 22.9 Å². The standard InChI is InChI=1S/C10H12N4/c1-8(2)9-3-4-10(13-12-9)14-6-5-11-7-14/h3-8H,1-2H3. The highest BCUT2D eigenvalue weighted by Gasteiger charge is 2.02. The molecule has 0 fully saturated rings. The average Bonchev–Trinajstić information content (AvgIpc) is 2.71. The zero-order chi connectivity index (χ0) is 9.97. The van der Waals surface area contributed by atoms with Crippen LogP contribution in [0.5, 0.6) is 0 Å². The molecule has 2 rings (SSSR count). The molecular formula is C10H12N4. The zero-order valence-electron chi connectivity index (χ0n) is 8.25. The number of hydrogen-bond acceptors (Lipinski definition) is 3. The Morgan fingerprint density at radius 3 is 2.57 bits per heavy atom. The van der Waals surface area contributed by atoms with Gasteiger partial charge in [-0.2, -0.15) is 5.10 Å². The number of rotatable bonds is 2. The van der Waals surface area contributed by atoms with E-state index in [9.17, 15) is 0 Å². The Bertz CT molecular complexity index is 389. The molecule has 4 nitrogen and oxygen atoms in total. The maximum absolute atomic E-state index is 4.14. The molecular weight excluding hydrogens is 176 g/mol. The van der Waals surface area contributed by atoms with Crippen molar-refractivity contribution in [3.05, 3.63) is 36.5 Å². The topological polar surface area (TPSA) is 43.6 Å². The molecule has 0 unspecified atom stereocenters. The second-order valence-corrected chi connectivity index (χ2v) is 3.44. The van der Waals surface area contributed by atoms with Gasteiger partial charge >= 0.3 is 0 Å². The fraction of sp³-hybridized carbons (Fsp3) is 0.300. The van der Waals surface area contributed by atoms with Crippen molar-refractivity contribution in [3.8, 4) is 5.82 Å². The lowest BCUT2D eigenvalue weighted by atomic mass is 10.1. The first-order valence-electron chi connectivity index (χ1n) is 4.59. The lowest BCUT2D eigenvalue weighted by molar-refractivity contribution is 0.772. The lowest BCUT2D eigenvalue weighted by Gasteiger charge is -2.04. The summed E-state index contributed by atoms with van der Waals surface area (Å²) >= 11 is 0. The highest BCUT2D eigenvalue weighted by Crippen LogP contribution is 2.10. The Kier molecular flexibility index (Phi) is 2.26. The van der Waals surface area contributed by atoms with Crippen molar-refractivity contribution in [2.24, 2.45) is 0 Å². The molecule has 4 heteroatoms. The third-order valence-corrected chi connectivity index (χ3v) is 2.03. The van der Waals surface area contributed by atoms with Crippen LogP contribution in [0.1, 0.15) is 25.5 Å². The van der Waals surface area contributed by atoms with E-state index in [1.54, 1.807) is 12.5 Å². The summed E-state index contributed by atoms with van der Waals surface area (Å²) in [6.45, 7) is 4.20. The minimum absolute atomic E-state index is 0.416. The van der Waals surface area contributed by atoms with Crippen LogP contribution in [0.15, 0.2) is 30.9 Å². The smallest absolute Gasteiger partial charge is 0.160 e. The van der Waals surface area contributed by atoms with E-state index in [1.165, 1.54) is 0 Å². The Balaban J connectivity index is 2.31. The van der Waals surface area contributed by atoms with Crippen molar-refractivity contribution in [1.82, 2.24) is 19.7 Å². The second-order valence-electron chi connectivity index (χ2n) is 3.44. The van der Waals surface area contributed by atoms with E-state index in [4.69, 9.17) is 0 Å². The number of imidazole rings is 1. The van der Waals surface area contributed by atoms with E-state index in [0.717, 1.165) is 11.5 Å². The minimum atomic E-state index is 0.416. The Hall–Kier alpha value is -1.71. The maximum atomic E-state index is 4.14. The Morgan fingerprint density at radius 2 is 2.07 bits per heavy atom. The highest BCUT2D eigenvalue weighted by atomic mass is 15.2. The quantitative estimate of drug-likeness (QED) is 0.721. The van der Waals surface area contributed by atoms with Crippen molar-refractivity contribution >= 4 is 0 Å². The van der Waals surface area contributed by atoms with Crippen LogP contribution in [0, 0.1) is 0 Å². The summed E-state index contributed by atoms with van der Waals surface area (Å²) in [7, 11) is 0. The molecule has 2 aromatic rings. The van der Waals surface area contributed by atoms with E-state index in [0.29, 0.717) is 5.92 Å². The second kappa shape index (κ2) is 3.57. The Labute approximate surface area is 82.6 Å². The van der Waals surface area contributed by atoms with Gasteiger partial charge in [-0.3, -0.25) is 4.57 Å². The third kappa shape index (κ3) is 1.64. The maximum Gasteiger partial charge on any atom is 0.160 e. The molecule has 0 saturated heterocycles. The minimum Gasteiger partial charge on any atom is -0.289 e. The van der Waals surface area contributed by atoms with Crippen molar-refractivity contribution in [1.29, 1.82) is 0 Å². The van der Waals surface area contributed by atoms with Crippen LogP contribution < -0.4 is 0 Å². The van der Waals surface area contributed by atoms with Gasteiger partial charge < -0.3 is 0 Å². The number of nitrogens with zero attached hydrogens (tertiary/aromatic N) is 4. The van der Waals surface area contributed by atoms with Crippen LogP contribution in [0.4, 0.5) is 0 Å². The van der Waals surface area contributed by atoms with E-state index in [2.05, 4.69) is 29.0 Å². The van der Waals surface area contributed by atoms with Crippen molar-refractivity contribution in [2.75, 3.05) is 0 Å². The molecule has 0 atom stereocenters. The molecule has 0 saturated carbocycles. The van der Waals surface area contributed by atoms with E-state index >= 15 is 0 Å². The molecule has 0 N–H and O–H groups in total. The first-order chi connectivity index (χ1) is 6.77. The average molecular weight is 188 g/mol. The summed E-state index contributed by atoms with van der Waals surface area (Å²) in [6, 6.07) is 3.94. The molecule has 0 amide bonds. The van der Waals surface area contributed by atoms with Gasteiger partial charge in [-0.25, -0.2) is 4.98 Å². The highest BCUT2D eigenvalue weighted by molar-refractivity contribution is 5.22. The SMILES string of the molecule is CC(C)c1ccc(-n2ccnc2)nn1. The van der Waals surface area contributed by atoms with Gasteiger partial charge in [0.15, 0.2) is 5.82 Å². The normalized spacial score (nSPS) is 10.8. The van der Waals surface area contributed by atoms with Gasteiger partial charge in [0, 0.05) is 12.4 Å². The summed E-state index contributed by atoms with van der Waals surface area (Å²) in [4.78, 5) is 3.95. The molecule has 0 spiro atoms. The van der Waals surface area contributed by atoms with Gasteiger partial charge in [0.2, 0.25) is 0 Å². The number of hydrogen-bond donors (Lipinski definition) is 0. The molecule has 0 aliphatic rings. The molecule has 0 aliphatic heterocycles. The fourth-order valence-electron chi connectivity index (χ4n) is 1.18. The first-order valence-corrected chi connectivity index (χ1v) is 4.59. The van der Waals surface area contributed by atoms with Crippen molar-refractivity contribution in [2.45, 2.75) is 19.8 Å². The molecule has 72 valence electrons. The van der Waals surface area contributed by atoms with Crippen LogP contribution in [-0.4, -0.2) is 19.7 Å². The van der Waals surface area contributed by atoms with Crippen molar-refractivity contribution < 1.29 is 0 Å². The first kappa shape index (κ1) is 8.87. The van der Waals surface area contributed by atoms with Crippen LogP contribution in [-0.2, 0) is 0 Å². The molecule has 2 aromatic heterocycles. The van der Waals surface area contributed by atoms with Gasteiger partial charge in [-0.05, 0) is 18.1 Å². The monoisotopic (exact) mass is 188 g/mol. The van der Waals surface area contributed by atoms with Crippen LogP contribution in [0.2, 0.25) is 0 Å². The molecule has 14 heavy (non-hydrogen) atoms. The van der Waals surface area contributed by atoms with Crippen LogP contribution >= 0.6 is 0 Å². The van der Waals surface area contributed by atoms with Gasteiger partial charge in [-0.15, -0.1) is 5.10 Å². The molecule has 0 radical (unpaired) electrons. The molecule has 0 aliphatic carbocycles.